The molecule has 3 fully saturated rings. The van der Waals surface area contributed by atoms with Gasteiger partial charge in [0.1, 0.15) is 0 Å². The number of aryl methyl sites for hydroxylation is 1. The number of nitrogens with zero attached hydrogens (tertiary/aromatic N) is 2. The van der Waals surface area contributed by atoms with Crippen LogP contribution in [0.4, 0.5) is 0 Å². The SMILES string of the molecule is COc1cc(C=C2C[C@H]3[C@@H]4CC=C5C[CH]CC[C@]5(C)[C@@H]4CC[C@]3(C)C2=O)ccc1OCCCn1ccnc1. The monoisotopic (exact) mass is 513 g/mol. The fourth-order valence-electron chi connectivity index (χ4n) is 8.22. The van der Waals surface area contributed by atoms with E-state index >= 15 is 0 Å². The molecule has 201 valence electrons. The number of ether oxygens (including phenoxy) is 2. The lowest BCUT2D eigenvalue weighted by molar-refractivity contribution is -0.129. The van der Waals surface area contributed by atoms with E-state index in [1.54, 1.807) is 18.9 Å². The van der Waals surface area contributed by atoms with Crippen LogP contribution in [0, 0.1) is 35.0 Å². The van der Waals surface area contributed by atoms with Gasteiger partial charge < -0.3 is 14.0 Å². The molecule has 0 aliphatic heterocycles. The quantitative estimate of drug-likeness (QED) is 0.225. The number of ketones is 1. The Labute approximate surface area is 227 Å². The molecule has 0 unspecified atom stereocenters. The fourth-order valence-corrected chi connectivity index (χ4v) is 8.22. The van der Waals surface area contributed by atoms with E-state index in [-0.39, 0.29) is 5.41 Å². The van der Waals surface area contributed by atoms with E-state index in [0.29, 0.717) is 41.3 Å². The number of fused-ring (bicyclic) bond motifs is 5. The number of rotatable bonds is 7. The van der Waals surface area contributed by atoms with Crippen molar-refractivity contribution in [3.8, 4) is 11.5 Å². The largest absolute Gasteiger partial charge is 0.493 e. The number of carbonyl (C=O) groups excluding carboxylic acids is 1. The molecule has 0 saturated heterocycles. The molecule has 38 heavy (non-hydrogen) atoms. The summed E-state index contributed by atoms with van der Waals surface area (Å²) >= 11 is 0. The molecule has 6 rings (SSSR count). The maximum atomic E-state index is 13.8. The standard InChI is InChI=1S/C33H41N2O3/c1-32-13-5-4-7-25(32)9-10-26-27(32)12-14-33(2)28(26)21-24(31(33)36)19-23-8-11-29(30(20-23)37-3)38-18-6-16-35-17-15-34-22-35/h4,8-9,11,15,17,19-20,22,26-28H,5-7,10,12-14,16,18,21H2,1-3H3/t26-,27-,28+,32+,33+/m1/s1. The van der Waals surface area contributed by atoms with Gasteiger partial charge in [0, 0.05) is 24.4 Å². The predicted molar refractivity (Wildman–Crippen MR) is 150 cm³/mol. The molecule has 4 aliphatic carbocycles. The van der Waals surface area contributed by atoms with E-state index in [1.807, 2.05) is 29.2 Å². The normalized spacial score (nSPS) is 33.3. The molecule has 1 radical (unpaired) electrons. The van der Waals surface area contributed by atoms with Gasteiger partial charge in [0.05, 0.1) is 20.0 Å². The van der Waals surface area contributed by atoms with Crippen molar-refractivity contribution in [1.29, 1.82) is 0 Å². The third kappa shape index (κ3) is 4.32. The Morgan fingerprint density at radius 1 is 1.16 bits per heavy atom. The fraction of sp³-hybridized carbons (Fsp3) is 0.545. The van der Waals surface area contributed by atoms with E-state index in [4.69, 9.17) is 9.47 Å². The van der Waals surface area contributed by atoms with E-state index in [0.717, 1.165) is 55.5 Å². The summed E-state index contributed by atoms with van der Waals surface area (Å²) in [5, 5.41) is 0. The highest BCUT2D eigenvalue weighted by Crippen LogP contribution is 2.64. The van der Waals surface area contributed by atoms with Crippen LogP contribution in [0.15, 0.2) is 54.1 Å². The minimum absolute atomic E-state index is 0.224. The molecule has 0 N–H and O–H groups in total. The highest BCUT2D eigenvalue weighted by molar-refractivity contribution is 6.06. The van der Waals surface area contributed by atoms with Gasteiger partial charge in [-0.1, -0.05) is 31.6 Å². The minimum Gasteiger partial charge on any atom is -0.493 e. The zero-order valence-electron chi connectivity index (χ0n) is 23.1. The Morgan fingerprint density at radius 3 is 2.87 bits per heavy atom. The van der Waals surface area contributed by atoms with Crippen LogP contribution >= 0.6 is 0 Å². The molecule has 0 spiro atoms. The highest BCUT2D eigenvalue weighted by atomic mass is 16.5. The number of carbonyl (C=O) groups is 1. The van der Waals surface area contributed by atoms with Gasteiger partial charge in [0.15, 0.2) is 17.3 Å². The van der Waals surface area contributed by atoms with Crippen molar-refractivity contribution in [2.24, 2.45) is 28.6 Å². The Kier molecular flexibility index (Phi) is 6.74. The lowest BCUT2D eigenvalue weighted by Crippen LogP contribution is -2.49. The van der Waals surface area contributed by atoms with Gasteiger partial charge in [-0.05, 0) is 110 Å². The van der Waals surface area contributed by atoms with Crippen LogP contribution < -0.4 is 9.47 Å². The second-order valence-corrected chi connectivity index (χ2v) is 12.4. The Balaban J connectivity index is 1.18. The number of allylic oxidation sites excluding steroid dienone is 3. The van der Waals surface area contributed by atoms with Crippen molar-refractivity contribution in [3.63, 3.8) is 0 Å². The van der Waals surface area contributed by atoms with Crippen LogP contribution in [-0.4, -0.2) is 29.1 Å². The lowest BCUT2D eigenvalue weighted by Gasteiger charge is -2.56. The zero-order chi connectivity index (χ0) is 26.3. The predicted octanol–water partition coefficient (Wildman–Crippen LogP) is 7.09. The number of benzene rings is 1. The van der Waals surface area contributed by atoms with Crippen molar-refractivity contribution in [1.82, 2.24) is 9.55 Å². The number of methoxy groups -OCH3 is 1. The van der Waals surface area contributed by atoms with Gasteiger partial charge in [0.2, 0.25) is 0 Å². The Morgan fingerprint density at radius 2 is 2.05 bits per heavy atom. The summed E-state index contributed by atoms with van der Waals surface area (Å²) in [6, 6.07) is 6.03. The van der Waals surface area contributed by atoms with Crippen LogP contribution in [-0.2, 0) is 11.3 Å². The summed E-state index contributed by atoms with van der Waals surface area (Å²) in [6.07, 6.45) is 21.5. The van der Waals surface area contributed by atoms with E-state index < -0.39 is 0 Å². The number of hydrogen-bond acceptors (Lipinski definition) is 4. The van der Waals surface area contributed by atoms with Gasteiger partial charge >= 0.3 is 0 Å². The van der Waals surface area contributed by atoms with E-state index in [9.17, 15) is 4.79 Å². The summed E-state index contributed by atoms with van der Waals surface area (Å²) in [6.45, 7) is 6.25. The Bertz CT molecular complexity index is 1240. The first-order valence-electron chi connectivity index (χ1n) is 14.5. The molecule has 1 aromatic carbocycles. The van der Waals surface area contributed by atoms with Crippen LogP contribution in [0.1, 0.15) is 70.8 Å². The zero-order valence-corrected chi connectivity index (χ0v) is 23.1. The summed E-state index contributed by atoms with van der Waals surface area (Å²) in [5.41, 5.74) is 3.78. The van der Waals surface area contributed by atoms with Crippen molar-refractivity contribution in [3.05, 3.63) is 66.1 Å². The average molecular weight is 514 g/mol. The third-order valence-corrected chi connectivity index (χ3v) is 10.4. The number of Topliss-reactive ketones (excluding diaryl/α,β-unsaturated/α-hetero) is 1. The third-order valence-electron chi connectivity index (χ3n) is 10.4. The summed E-state index contributed by atoms with van der Waals surface area (Å²) in [7, 11) is 1.68. The molecule has 5 atom stereocenters. The maximum Gasteiger partial charge on any atom is 0.165 e. The maximum absolute atomic E-state index is 13.8. The smallest absolute Gasteiger partial charge is 0.165 e. The van der Waals surface area contributed by atoms with Gasteiger partial charge in [-0.25, -0.2) is 4.98 Å². The molecule has 0 amide bonds. The van der Waals surface area contributed by atoms with Gasteiger partial charge in [-0.15, -0.1) is 0 Å². The van der Waals surface area contributed by atoms with Crippen LogP contribution in [0.2, 0.25) is 0 Å². The molecule has 3 saturated carbocycles. The molecular formula is C33H41N2O3. The van der Waals surface area contributed by atoms with Crippen LogP contribution in [0.3, 0.4) is 0 Å². The average Bonchev–Trinajstić information content (AvgIpc) is 3.53. The van der Waals surface area contributed by atoms with E-state index in [1.165, 1.54) is 19.3 Å². The number of imidazole rings is 1. The van der Waals surface area contributed by atoms with Crippen molar-refractivity contribution in [2.75, 3.05) is 13.7 Å². The van der Waals surface area contributed by atoms with Crippen molar-refractivity contribution < 1.29 is 14.3 Å². The number of aromatic nitrogens is 2. The second kappa shape index (κ2) is 10.1. The first-order chi connectivity index (χ1) is 18.4. The molecule has 2 aromatic rings. The van der Waals surface area contributed by atoms with Crippen molar-refractivity contribution >= 4 is 11.9 Å². The first-order valence-corrected chi connectivity index (χ1v) is 14.5. The number of hydrogen-bond donors (Lipinski definition) is 0. The lowest BCUT2D eigenvalue weighted by atomic mass is 9.48. The van der Waals surface area contributed by atoms with Gasteiger partial charge in [-0.3, -0.25) is 4.79 Å². The second-order valence-electron chi connectivity index (χ2n) is 12.4. The molecular weight excluding hydrogens is 472 g/mol. The molecule has 5 nitrogen and oxygen atoms in total. The van der Waals surface area contributed by atoms with E-state index in [2.05, 4.69) is 43.5 Å². The first kappa shape index (κ1) is 25.5. The molecule has 0 bridgehead atoms. The van der Waals surface area contributed by atoms with Crippen molar-refractivity contribution in [2.45, 2.75) is 71.8 Å². The molecule has 5 heteroatoms. The Hall–Kier alpha value is -2.82. The van der Waals surface area contributed by atoms with Gasteiger partial charge in [0.25, 0.3) is 0 Å². The topological polar surface area (TPSA) is 53.4 Å². The van der Waals surface area contributed by atoms with Gasteiger partial charge in [-0.2, -0.15) is 0 Å². The molecule has 4 aliphatic rings. The van der Waals surface area contributed by atoms with Crippen LogP contribution in [0.5, 0.6) is 11.5 Å². The summed E-state index contributed by atoms with van der Waals surface area (Å²) < 4.78 is 13.7. The molecule has 1 aromatic heterocycles. The van der Waals surface area contributed by atoms with Crippen LogP contribution in [0.25, 0.3) is 6.08 Å². The summed E-state index contributed by atoms with van der Waals surface area (Å²) in [5.74, 6) is 3.60. The minimum atomic E-state index is -0.224. The summed E-state index contributed by atoms with van der Waals surface area (Å²) in [4.78, 5) is 17.9. The molecule has 1 heterocycles. The highest BCUT2D eigenvalue weighted by Gasteiger charge is 2.59.